The van der Waals surface area contributed by atoms with Gasteiger partial charge in [-0.3, -0.25) is 4.79 Å². The van der Waals surface area contributed by atoms with Crippen LogP contribution in [0.3, 0.4) is 0 Å². The van der Waals surface area contributed by atoms with Gasteiger partial charge in [-0.1, -0.05) is 41.5 Å². The number of aliphatic hydroxyl groups excluding tert-OH is 2. The van der Waals surface area contributed by atoms with Crippen molar-refractivity contribution in [3.05, 3.63) is 0 Å². The molecule has 0 spiro atoms. The molecule has 1 fully saturated rings. The highest BCUT2D eigenvalue weighted by molar-refractivity contribution is 5.66. The number of carbonyl (C=O) groups is 1. The lowest BCUT2D eigenvalue weighted by Gasteiger charge is -2.59. The van der Waals surface area contributed by atoms with E-state index < -0.39 is 40.7 Å². The van der Waals surface area contributed by atoms with Gasteiger partial charge >= 0.3 is 5.97 Å². The monoisotopic (exact) mass is 316 g/mol. The van der Waals surface area contributed by atoms with E-state index in [0.29, 0.717) is 18.8 Å². The first-order chi connectivity index (χ1) is 9.77. The minimum absolute atomic E-state index is 0.298. The molecule has 0 aromatic carbocycles. The molecule has 1 saturated carbocycles. The third-order valence-electron chi connectivity index (χ3n) is 5.11. The minimum atomic E-state index is -1.62. The first kappa shape index (κ1) is 19.4. The summed E-state index contributed by atoms with van der Waals surface area (Å²) in [6.07, 6.45) is -2.08. The summed E-state index contributed by atoms with van der Waals surface area (Å²) in [5.41, 5.74) is -3.37. The van der Waals surface area contributed by atoms with Gasteiger partial charge in [0.2, 0.25) is 0 Å². The van der Waals surface area contributed by atoms with Gasteiger partial charge in [0.15, 0.2) is 0 Å². The fraction of sp³-hybridized carbons (Fsp3) is 0.941. The molecule has 0 heterocycles. The van der Waals surface area contributed by atoms with E-state index >= 15 is 0 Å². The molecule has 0 amide bonds. The number of hydrogen-bond donors (Lipinski definition) is 3. The maximum absolute atomic E-state index is 11.4. The maximum Gasteiger partial charge on any atom is 0.302 e. The molecule has 2 unspecified atom stereocenters. The Hall–Kier alpha value is -0.650. The van der Waals surface area contributed by atoms with Gasteiger partial charge in [0.25, 0.3) is 0 Å². The Morgan fingerprint density at radius 1 is 1.09 bits per heavy atom. The highest BCUT2D eigenvalue weighted by Gasteiger charge is 2.65. The summed E-state index contributed by atoms with van der Waals surface area (Å²) in [5, 5.41) is 32.5. The molecule has 0 saturated heterocycles. The molecule has 130 valence electrons. The fourth-order valence-electron chi connectivity index (χ4n) is 3.95. The molecule has 0 aromatic heterocycles. The van der Waals surface area contributed by atoms with E-state index in [0.717, 1.165) is 0 Å². The fourth-order valence-corrected chi connectivity index (χ4v) is 3.95. The van der Waals surface area contributed by atoms with Crippen LogP contribution in [0.25, 0.3) is 0 Å². The summed E-state index contributed by atoms with van der Waals surface area (Å²) in [6, 6.07) is 0. The summed E-state index contributed by atoms with van der Waals surface area (Å²) in [7, 11) is 0. The van der Waals surface area contributed by atoms with Crippen LogP contribution in [0.5, 0.6) is 0 Å². The van der Waals surface area contributed by atoms with Crippen LogP contribution in [0.4, 0.5) is 0 Å². The lowest BCUT2D eigenvalue weighted by atomic mass is 9.53. The molecule has 4 atom stereocenters. The molecule has 0 radical (unpaired) electrons. The van der Waals surface area contributed by atoms with Crippen molar-refractivity contribution in [2.45, 2.75) is 85.2 Å². The SMILES string of the molecule is CC(=O)OC1C(C)(C)[C@@H](O)C(O)(CCC(C)C)[C@@H](O)C1(C)C. The second kappa shape index (κ2) is 6.10. The molecule has 1 rings (SSSR count). The van der Waals surface area contributed by atoms with E-state index in [1.807, 2.05) is 13.8 Å². The van der Waals surface area contributed by atoms with Gasteiger partial charge in [-0.25, -0.2) is 0 Å². The van der Waals surface area contributed by atoms with Gasteiger partial charge in [0.1, 0.15) is 11.7 Å². The highest BCUT2D eigenvalue weighted by atomic mass is 16.5. The summed E-state index contributed by atoms with van der Waals surface area (Å²) in [6.45, 7) is 12.4. The molecular weight excluding hydrogens is 284 g/mol. The molecule has 5 nitrogen and oxygen atoms in total. The third kappa shape index (κ3) is 3.17. The van der Waals surface area contributed by atoms with Crippen LogP contribution in [-0.4, -0.2) is 45.2 Å². The van der Waals surface area contributed by atoms with Crippen molar-refractivity contribution in [2.75, 3.05) is 0 Å². The predicted octanol–water partition coefficient (Wildman–Crippen LogP) is 1.87. The minimum Gasteiger partial charge on any atom is -0.461 e. The first-order valence-electron chi connectivity index (χ1n) is 8.03. The average molecular weight is 316 g/mol. The molecular formula is C17H32O5. The number of aliphatic hydroxyl groups is 3. The second-order valence-electron chi connectivity index (χ2n) is 8.36. The van der Waals surface area contributed by atoms with Crippen LogP contribution in [0.2, 0.25) is 0 Å². The number of ether oxygens (including phenoxy) is 1. The van der Waals surface area contributed by atoms with Crippen LogP contribution >= 0.6 is 0 Å². The van der Waals surface area contributed by atoms with Gasteiger partial charge in [-0.05, 0) is 18.8 Å². The Labute approximate surface area is 133 Å². The number of carbonyl (C=O) groups excluding carboxylic acids is 1. The molecule has 1 aliphatic rings. The molecule has 22 heavy (non-hydrogen) atoms. The van der Waals surface area contributed by atoms with Crippen molar-refractivity contribution in [3.63, 3.8) is 0 Å². The van der Waals surface area contributed by atoms with Crippen molar-refractivity contribution in [1.82, 2.24) is 0 Å². The predicted molar refractivity (Wildman–Crippen MR) is 84.2 cm³/mol. The van der Waals surface area contributed by atoms with Crippen molar-refractivity contribution in [1.29, 1.82) is 0 Å². The molecule has 0 bridgehead atoms. The Balaban J connectivity index is 3.25. The standard InChI is InChI=1S/C17H32O5/c1-10(2)8-9-17(21)12(19)15(4,5)14(22-11(3)18)16(6,7)13(17)20/h10,12-14,19-21H,8-9H2,1-7H3/t12-,13+,14?,17?. The van der Waals surface area contributed by atoms with E-state index in [9.17, 15) is 20.1 Å². The Morgan fingerprint density at radius 3 is 1.82 bits per heavy atom. The Bertz CT molecular complexity index is 391. The van der Waals surface area contributed by atoms with Gasteiger partial charge in [0.05, 0.1) is 12.2 Å². The van der Waals surface area contributed by atoms with Gasteiger partial charge in [0, 0.05) is 17.8 Å². The summed E-state index contributed by atoms with van der Waals surface area (Å²) >= 11 is 0. The first-order valence-corrected chi connectivity index (χ1v) is 8.03. The Kier molecular flexibility index (Phi) is 5.38. The molecule has 0 aromatic rings. The lowest BCUT2D eigenvalue weighted by molar-refractivity contribution is -0.291. The Morgan fingerprint density at radius 2 is 1.50 bits per heavy atom. The normalized spacial score (nSPS) is 37.1. The van der Waals surface area contributed by atoms with E-state index in [-0.39, 0.29) is 0 Å². The van der Waals surface area contributed by atoms with Gasteiger partial charge in [-0.2, -0.15) is 0 Å². The van der Waals surface area contributed by atoms with Gasteiger partial charge in [-0.15, -0.1) is 0 Å². The van der Waals surface area contributed by atoms with Crippen LogP contribution in [0, 0.1) is 16.7 Å². The van der Waals surface area contributed by atoms with Crippen molar-refractivity contribution in [3.8, 4) is 0 Å². The average Bonchev–Trinajstić information content (AvgIpc) is 2.38. The number of hydrogen-bond acceptors (Lipinski definition) is 5. The van der Waals surface area contributed by atoms with Crippen LogP contribution in [0.15, 0.2) is 0 Å². The largest absolute Gasteiger partial charge is 0.461 e. The lowest BCUT2D eigenvalue weighted by Crippen LogP contribution is -2.73. The van der Waals surface area contributed by atoms with Crippen molar-refractivity contribution in [2.24, 2.45) is 16.7 Å². The molecule has 3 N–H and O–H groups in total. The second-order valence-corrected chi connectivity index (χ2v) is 8.36. The van der Waals surface area contributed by atoms with E-state index in [1.54, 1.807) is 27.7 Å². The zero-order valence-electron chi connectivity index (χ0n) is 14.9. The molecule has 1 aliphatic carbocycles. The summed E-state index contributed by atoms with van der Waals surface area (Å²) < 4.78 is 5.41. The number of esters is 1. The molecule has 5 heteroatoms. The van der Waals surface area contributed by atoms with Crippen molar-refractivity contribution < 1.29 is 24.9 Å². The van der Waals surface area contributed by atoms with Crippen molar-refractivity contribution >= 4 is 5.97 Å². The van der Waals surface area contributed by atoms with E-state index in [1.165, 1.54) is 6.92 Å². The number of rotatable bonds is 4. The van der Waals surface area contributed by atoms with Crippen LogP contribution in [-0.2, 0) is 9.53 Å². The van der Waals surface area contributed by atoms with Crippen LogP contribution in [0.1, 0.15) is 61.3 Å². The quantitative estimate of drug-likeness (QED) is 0.689. The zero-order chi connectivity index (χ0) is 17.5. The zero-order valence-corrected chi connectivity index (χ0v) is 14.9. The van der Waals surface area contributed by atoms with Gasteiger partial charge < -0.3 is 20.1 Å². The summed E-state index contributed by atoms with van der Waals surface area (Å²) in [4.78, 5) is 11.4. The van der Waals surface area contributed by atoms with E-state index in [2.05, 4.69) is 0 Å². The smallest absolute Gasteiger partial charge is 0.302 e. The molecule has 0 aliphatic heterocycles. The van der Waals surface area contributed by atoms with E-state index in [4.69, 9.17) is 4.74 Å². The maximum atomic E-state index is 11.4. The highest BCUT2D eigenvalue weighted by Crippen LogP contribution is 2.53. The third-order valence-corrected chi connectivity index (χ3v) is 5.11. The topological polar surface area (TPSA) is 87.0 Å². The summed E-state index contributed by atoms with van der Waals surface area (Å²) in [5.74, 6) is -0.112. The van der Waals surface area contributed by atoms with Crippen LogP contribution < -0.4 is 0 Å².